The van der Waals surface area contributed by atoms with Crippen molar-refractivity contribution in [2.24, 2.45) is 11.7 Å². The summed E-state index contributed by atoms with van der Waals surface area (Å²) >= 11 is 0. The zero-order valence-corrected chi connectivity index (χ0v) is 10.8. The summed E-state index contributed by atoms with van der Waals surface area (Å²) in [6.45, 7) is 6.38. The van der Waals surface area contributed by atoms with Gasteiger partial charge in [0.1, 0.15) is 0 Å². The Morgan fingerprint density at radius 2 is 2.18 bits per heavy atom. The monoisotopic (exact) mass is 235 g/mol. The van der Waals surface area contributed by atoms with Crippen LogP contribution in [0, 0.1) is 19.8 Å². The fraction of sp³-hybridized carbons (Fsp3) is 0.538. The van der Waals surface area contributed by atoms with Gasteiger partial charge in [0.25, 0.3) is 0 Å². The minimum Gasteiger partial charge on any atom is -0.330 e. The van der Waals surface area contributed by atoms with Crippen LogP contribution in [0.4, 0.5) is 5.69 Å². The summed E-state index contributed by atoms with van der Waals surface area (Å²) in [5, 5.41) is 2.90. The van der Waals surface area contributed by atoms with Crippen molar-refractivity contribution in [3.8, 4) is 0 Å². The Bertz CT molecular complexity index is 390. The summed E-state index contributed by atoms with van der Waals surface area (Å²) in [5.41, 5.74) is 8.03. The first-order valence-corrected chi connectivity index (χ1v) is 5.99. The molecule has 0 saturated heterocycles. The molecule has 1 aromatic heterocycles. The zero-order valence-electron chi connectivity index (χ0n) is 10.8. The molecule has 0 aliphatic rings. The van der Waals surface area contributed by atoms with Gasteiger partial charge in [0.15, 0.2) is 0 Å². The summed E-state index contributed by atoms with van der Waals surface area (Å²) in [5.74, 6) is 0.0199. The summed E-state index contributed by atoms with van der Waals surface area (Å²) < 4.78 is 0. The Kier molecular flexibility index (Phi) is 5.10. The van der Waals surface area contributed by atoms with Crippen molar-refractivity contribution in [1.82, 2.24) is 4.98 Å². The first kappa shape index (κ1) is 13.6. The van der Waals surface area contributed by atoms with E-state index in [4.69, 9.17) is 5.73 Å². The number of nitrogens with zero attached hydrogens (tertiary/aromatic N) is 1. The molecular weight excluding hydrogens is 214 g/mol. The molecule has 1 atom stereocenters. The highest BCUT2D eigenvalue weighted by Crippen LogP contribution is 2.15. The lowest BCUT2D eigenvalue weighted by Crippen LogP contribution is -2.21. The van der Waals surface area contributed by atoms with E-state index in [1.807, 2.05) is 32.9 Å². The fourth-order valence-electron chi connectivity index (χ4n) is 1.63. The molecular formula is C13H21N3O. The van der Waals surface area contributed by atoms with Crippen molar-refractivity contribution >= 4 is 11.6 Å². The van der Waals surface area contributed by atoms with Crippen molar-refractivity contribution < 1.29 is 4.79 Å². The van der Waals surface area contributed by atoms with Crippen molar-refractivity contribution in [3.63, 3.8) is 0 Å². The number of nitrogens with one attached hydrogen (secondary N) is 1. The lowest BCUT2D eigenvalue weighted by Gasteiger charge is -2.13. The molecule has 0 aliphatic heterocycles. The quantitative estimate of drug-likeness (QED) is 0.820. The van der Waals surface area contributed by atoms with E-state index in [1.54, 1.807) is 0 Å². The Balaban J connectivity index is 2.61. The smallest absolute Gasteiger partial charge is 0.227 e. The second-order valence-corrected chi connectivity index (χ2v) is 4.41. The molecule has 0 aromatic carbocycles. The van der Waals surface area contributed by atoms with Crippen LogP contribution in [0.2, 0.25) is 0 Å². The van der Waals surface area contributed by atoms with Crippen LogP contribution < -0.4 is 11.1 Å². The Morgan fingerprint density at radius 1 is 1.47 bits per heavy atom. The molecule has 0 saturated carbocycles. The normalized spacial score (nSPS) is 12.2. The van der Waals surface area contributed by atoms with Crippen molar-refractivity contribution in [2.75, 3.05) is 11.9 Å². The lowest BCUT2D eigenvalue weighted by atomic mass is 10.0. The topological polar surface area (TPSA) is 68.0 Å². The molecule has 0 radical (unpaired) electrons. The fourth-order valence-corrected chi connectivity index (χ4v) is 1.63. The van der Waals surface area contributed by atoms with Crippen LogP contribution in [0.25, 0.3) is 0 Å². The van der Waals surface area contributed by atoms with Crippen LogP contribution in [0.3, 0.4) is 0 Å². The summed E-state index contributed by atoms with van der Waals surface area (Å²) in [6, 6.07) is 3.79. The number of aryl methyl sites for hydroxylation is 2. The van der Waals surface area contributed by atoms with Crippen LogP contribution in [-0.2, 0) is 4.79 Å². The highest BCUT2D eigenvalue weighted by Gasteiger charge is 2.13. The number of rotatable bonds is 5. The van der Waals surface area contributed by atoms with Gasteiger partial charge >= 0.3 is 0 Å². The van der Waals surface area contributed by atoms with E-state index in [2.05, 4.69) is 10.3 Å². The standard InChI is InChI=1S/C13H21N3O/c1-9(5-4-8-14)13(17)16-12-7-6-10(2)15-11(12)3/h6-7,9H,4-5,8,14H2,1-3H3,(H,16,17). The maximum absolute atomic E-state index is 11.9. The van der Waals surface area contributed by atoms with Crippen LogP contribution in [-0.4, -0.2) is 17.4 Å². The molecule has 0 fully saturated rings. The second kappa shape index (κ2) is 6.35. The van der Waals surface area contributed by atoms with E-state index in [0.717, 1.165) is 29.9 Å². The van der Waals surface area contributed by atoms with Crippen LogP contribution >= 0.6 is 0 Å². The first-order valence-electron chi connectivity index (χ1n) is 5.99. The Labute approximate surface area is 103 Å². The summed E-state index contributed by atoms with van der Waals surface area (Å²) in [4.78, 5) is 16.2. The predicted octanol–water partition coefficient (Wildman–Crippen LogP) is 2.01. The van der Waals surface area contributed by atoms with E-state index in [1.165, 1.54) is 0 Å². The van der Waals surface area contributed by atoms with Crippen molar-refractivity contribution in [1.29, 1.82) is 0 Å². The minimum absolute atomic E-state index is 0.0146. The molecule has 1 aromatic rings. The molecule has 0 aliphatic carbocycles. The van der Waals surface area contributed by atoms with Gasteiger partial charge in [-0.05, 0) is 45.4 Å². The zero-order chi connectivity index (χ0) is 12.8. The Hall–Kier alpha value is -1.42. The average molecular weight is 235 g/mol. The maximum atomic E-state index is 11.9. The van der Waals surface area contributed by atoms with Gasteiger partial charge in [-0.15, -0.1) is 0 Å². The molecule has 1 heterocycles. The number of hydrogen-bond acceptors (Lipinski definition) is 3. The van der Waals surface area contributed by atoms with Gasteiger partial charge in [-0.25, -0.2) is 0 Å². The molecule has 1 unspecified atom stereocenters. The third-order valence-electron chi connectivity index (χ3n) is 2.77. The molecule has 1 amide bonds. The van der Waals surface area contributed by atoms with Crippen LogP contribution in [0.15, 0.2) is 12.1 Å². The van der Waals surface area contributed by atoms with Gasteiger partial charge in [0, 0.05) is 11.6 Å². The SMILES string of the molecule is Cc1ccc(NC(=O)C(C)CCCN)c(C)n1. The van der Waals surface area contributed by atoms with Gasteiger partial charge in [-0.3, -0.25) is 9.78 Å². The molecule has 0 spiro atoms. The van der Waals surface area contributed by atoms with Crippen molar-refractivity contribution in [3.05, 3.63) is 23.5 Å². The average Bonchev–Trinajstić information content (AvgIpc) is 2.29. The number of pyridine rings is 1. The van der Waals surface area contributed by atoms with Gasteiger partial charge in [0.05, 0.1) is 11.4 Å². The second-order valence-electron chi connectivity index (χ2n) is 4.41. The molecule has 94 valence electrons. The van der Waals surface area contributed by atoms with Gasteiger partial charge < -0.3 is 11.1 Å². The molecule has 17 heavy (non-hydrogen) atoms. The van der Waals surface area contributed by atoms with E-state index in [-0.39, 0.29) is 11.8 Å². The first-order chi connectivity index (χ1) is 8.04. The van der Waals surface area contributed by atoms with E-state index < -0.39 is 0 Å². The number of carbonyl (C=O) groups is 1. The summed E-state index contributed by atoms with van der Waals surface area (Å²) in [7, 11) is 0. The molecule has 4 heteroatoms. The number of aromatic nitrogens is 1. The number of anilines is 1. The highest BCUT2D eigenvalue weighted by atomic mass is 16.1. The number of amides is 1. The van der Waals surface area contributed by atoms with Crippen molar-refractivity contribution in [2.45, 2.75) is 33.6 Å². The maximum Gasteiger partial charge on any atom is 0.227 e. The van der Waals surface area contributed by atoms with Gasteiger partial charge in [0.2, 0.25) is 5.91 Å². The van der Waals surface area contributed by atoms with E-state index >= 15 is 0 Å². The highest BCUT2D eigenvalue weighted by molar-refractivity contribution is 5.92. The summed E-state index contributed by atoms with van der Waals surface area (Å²) in [6.07, 6.45) is 1.69. The van der Waals surface area contributed by atoms with E-state index in [9.17, 15) is 4.79 Å². The minimum atomic E-state index is -0.0146. The molecule has 1 rings (SSSR count). The molecule has 4 nitrogen and oxygen atoms in total. The third-order valence-corrected chi connectivity index (χ3v) is 2.77. The third kappa shape index (κ3) is 4.15. The lowest BCUT2D eigenvalue weighted by molar-refractivity contribution is -0.119. The number of hydrogen-bond donors (Lipinski definition) is 2. The number of nitrogens with two attached hydrogens (primary N) is 1. The van der Waals surface area contributed by atoms with Crippen LogP contribution in [0.1, 0.15) is 31.2 Å². The number of carbonyl (C=O) groups excluding carboxylic acids is 1. The predicted molar refractivity (Wildman–Crippen MR) is 69.8 cm³/mol. The van der Waals surface area contributed by atoms with Gasteiger partial charge in [-0.2, -0.15) is 0 Å². The Morgan fingerprint density at radius 3 is 2.76 bits per heavy atom. The van der Waals surface area contributed by atoms with Gasteiger partial charge in [-0.1, -0.05) is 6.92 Å². The molecule has 3 N–H and O–H groups in total. The van der Waals surface area contributed by atoms with E-state index in [0.29, 0.717) is 6.54 Å². The van der Waals surface area contributed by atoms with Crippen LogP contribution in [0.5, 0.6) is 0 Å². The largest absolute Gasteiger partial charge is 0.330 e. The molecule has 0 bridgehead atoms.